The Morgan fingerprint density at radius 2 is 2.50 bits per heavy atom. The maximum absolute atomic E-state index is 11.0. The highest BCUT2D eigenvalue weighted by Gasteiger charge is 2.56. The molecule has 1 aliphatic heterocycles. The first-order valence-corrected chi connectivity index (χ1v) is 5.14. The summed E-state index contributed by atoms with van der Waals surface area (Å²) in [6, 6.07) is 0. The summed E-state index contributed by atoms with van der Waals surface area (Å²) in [5, 5.41) is 0. The molecule has 0 aromatic heterocycles. The van der Waals surface area contributed by atoms with Crippen LogP contribution in [0, 0.1) is 11.8 Å². The van der Waals surface area contributed by atoms with E-state index >= 15 is 0 Å². The summed E-state index contributed by atoms with van der Waals surface area (Å²) in [6.45, 7) is 2.15. The fourth-order valence-corrected chi connectivity index (χ4v) is 1.95. The Kier molecular flexibility index (Phi) is 2.47. The average molecular weight is 194 g/mol. The number of hydrogen-bond donors (Lipinski definition) is 0. The molecule has 1 saturated carbocycles. The fraction of sp³-hybridized carbons (Fsp3) is 0.727. The minimum absolute atomic E-state index is 0.276. The molecule has 3 nitrogen and oxygen atoms in total. The predicted octanol–water partition coefficient (Wildman–Crippen LogP) is 1.26. The molecule has 0 bridgehead atoms. The summed E-state index contributed by atoms with van der Waals surface area (Å²) in [4.78, 5) is 11.0. The van der Waals surface area contributed by atoms with Crippen LogP contribution >= 0.6 is 0 Å². The number of carbonyl (C=O) groups is 1. The lowest BCUT2D eigenvalue weighted by molar-refractivity contribution is -0.136. The highest BCUT2D eigenvalue weighted by molar-refractivity contribution is 5.88. The monoisotopic (exact) mass is 194 g/mol. The smallest absolute Gasteiger partial charge is 0.384 e. The molecule has 0 spiro atoms. The minimum Gasteiger partial charge on any atom is -0.456 e. The van der Waals surface area contributed by atoms with Gasteiger partial charge in [-0.1, -0.05) is 12.3 Å². The standard InChI is InChI=1S/C11H14O3/c1-2-13-10(12)6-8-11-7-4-3-5-9(11)14-11/h9H,2-5,7H2,1H3/t9-,11+/m1/s1. The maximum Gasteiger partial charge on any atom is 0.384 e. The topological polar surface area (TPSA) is 38.8 Å². The summed E-state index contributed by atoms with van der Waals surface area (Å²) >= 11 is 0. The van der Waals surface area contributed by atoms with Gasteiger partial charge in [0.2, 0.25) is 0 Å². The number of esters is 1. The second-order valence-electron chi connectivity index (χ2n) is 3.71. The Labute approximate surface area is 83.8 Å². The quantitative estimate of drug-likeness (QED) is 0.273. The molecule has 1 aliphatic carbocycles. The first kappa shape index (κ1) is 9.54. The van der Waals surface area contributed by atoms with E-state index in [2.05, 4.69) is 11.8 Å². The molecule has 0 radical (unpaired) electrons. The van der Waals surface area contributed by atoms with Crippen LogP contribution in [0.4, 0.5) is 0 Å². The van der Waals surface area contributed by atoms with Gasteiger partial charge in [-0.15, -0.1) is 0 Å². The lowest BCUT2D eigenvalue weighted by Crippen LogP contribution is -2.17. The molecular weight excluding hydrogens is 180 g/mol. The minimum atomic E-state index is -0.443. The lowest BCUT2D eigenvalue weighted by atomic mass is 9.90. The number of epoxide rings is 1. The van der Waals surface area contributed by atoms with Gasteiger partial charge in [-0.05, 0) is 26.2 Å². The van der Waals surface area contributed by atoms with Crippen LogP contribution in [0.15, 0.2) is 0 Å². The second kappa shape index (κ2) is 3.62. The van der Waals surface area contributed by atoms with Gasteiger partial charge in [0.1, 0.15) is 0 Å². The second-order valence-corrected chi connectivity index (χ2v) is 3.71. The first-order chi connectivity index (χ1) is 6.77. The molecule has 0 amide bonds. The summed E-state index contributed by atoms with van der Waals surface area (Å²) in [7, 11) is 0. The normalized spacial score (nSPS) is 33.6. The third-order valence-corrected chi connectivity index (χ3v) is 2.73. The van der Waals surface area contributed by atoms with Gasteiger partial charge in [0.25, 0.3) is 0 Å². The molecule has 14 heavy (non-hydrogen) atoms. The van der Waals surface area contributed by atoms with E-state index < -0.39 is 5.97 Å². The van der Waals surface area contributed by atoms with Crippen molar-refractivity contribution in [3.63, 3.8) is 0 Å². The molecule has 1 saturated heterocycles. The van der Waals surface area contributed by atoms with Crippen molar-refractivity contribution in [2.24, 2.45) is 0 Å². The number of ether oxygens (including phenoxy) is 2. The van der Waals surface area contributed by atoms with E-state index in [-0.39, 0.29) is 11.7 Å². The predicted molar refractivity (Wildman–Crippen MR) is 50.5 cm³/mol. The van der Waals surface area contributed by atoms with Crippen LogP contribution in [-0.2, 0) is 14.3 Å². The number of carbonyl (C=O) groups excluding carboxylic acids is 1. The highest BCUT2D eigenvalue weighted by Crippen LogP contribution is 2.47. The van der Waals surface area contributed by atoms with Crippen molar-refractivity contribution in [1.82, 2.24) is 0 Å². The Morgan fingerprint density at radius 3 is 3.21 bits per heavy atom. The van der Waals surface area contributed by atoms with Crippen molar-refractivity contribution >= 4 is 5.97 Å². The molecule has 2 rings (SSSR count). The Hall–Kier alpha value is -1.01. The molecular formula is C11H14O3. The van der Waals surface area contributed by atoms with Crippen LogP contribution in [0.3, 0.4) is 0 Å². The van der Waals surface area contributed by atoms with Crippen molar-refractivity contribution in [2.75, 3.05) is 6.61 Å². The molecule has 0 aromatic carbocycles. The van der Waals surface area contributed by atoms with Crippen LogP contribution in [0.2, 0.25) is 0 Å². The summed E-state index contributed by atoms with van der Waals surface area (Å²) in [5.74, 6) is 4.97. The lowest BCUT2D eigenvalue weighted by Gasteiger charge is -2.09. The molecule has 2 aliphatic rings. The van der Waals surface area contributed by atoms with Crippen LogP contribution < -0.4 is 0 Å². The third kappa shape index (κ3) is 1.76. The largest absolute Gasteiger partial charge is 0.456 e. The molecule has 2 fully saturated rings. The van der Waals surface area contributed by atoms with Crippen LogP contribution in [0.25, 0.3) is 0 Å². The van der Waals surface area contributed by atoms with Crippen molar-refractivity contribution in [2.45, 2.75) is 44.3 Å². The van der Waals surface area contributed by atoms with Crippen molar-refractivity contribution in [3.8, 4) is 11.8 Å². The van der Waals surface area contributed by atoms with Gasteiger partial charge in [-0.2, -0.15) is 0 Å². The molecule has 0 aromatic rings. The van der Waals surface area contributed by atoms with Gasteiger partial charge in [0, 0.05) is 5.92 Å². The SMILES string of the molecule is CCOC(=O)C#C[C@@]12CCCC[C@H]1O2. The maximum atomic E-state index is 11.0. The van der Waals surface area contributed by atoms with Gasteiger partial charge in [0.05, 0.1) is 12.7 Å². The molecule has 0 N–H and O–H groups in total. The zero-order valence-corrected chi connectivity index (χ0v) is 8.34. The van der Waals surface area contributed by atoms with E-state index in [1.54, 1.807) is 6.92 Å². The van der Waals surface area contributed by atoms with Crippen molar-refractivity contribution in [3.05, 3.63) is 0 Å². The molecule has 76 valence electrons. The van der Waals surface area contributed by atoms with Crippen LogP contribution in [0.5, 0.6) is 0 Å². The molecule has 3 heteroatoms. The van der Waals surface area contributed by atoms with E-state index in [1.165, 1.54) is 6.42 Å². The third-order valence-electron chi connectivity index (χ3n) is 2.73. The number of rotatable bonds is 1. The van der Waals surface area contributed by atoms with E-state index in [1.807, 2.05) is 0 Å². The van der Waals surface area contributed by atoms with E-state index in [4.69, 9.17) is 9.47 Å². The number of hydrogen-bond acceptors (Lipinski definition) is 3. The zero-order valence-electron chi connectivity index (χ0n) is 8.34. The first-order valence-electron chi connectivity index (χ1n) is 5.14. The summed E-state index contributed by atoms with van der Waals surface area (Å²) in [5.41, 5.74) is -0.287. The van der Waals surface area contributed by atoms with Gasteiger partial charge >= 0.3 is 5.97 Å². The van der Waals surface area contributed by atoms with Gasteiger partial charge in [-0.25, -0.2) is 4.79 Å². The Bertz CT molecular complexity index is 299. The van der Waals surface area contributed by atoms with Crippen molar-refractivity contribution in [1.29, 1.82) is 0 Å². The highest BCUT2D eigenvalue weighted by atomic mass is 16.6. The zero-order chi connectivity index (χ0) is 10.0. The van der Waals surface area contributed by atoms with Gasteiger partial charge in [-0.3, -0.25) is 0 Å². The van der Waals surface area contributed by atoms with Crippen molar-refractivity contribution < 1.29 is 14.3 Å². The van der Waals surface area contributed by atoms with Crippen LogP contribution in [-0.4, -0.2) is 24.3 Å². The number of fused-ring (bicyclic) bond motifs is 1. The summed E-state index contributed by atoms with van der Waals surface area (Å²) in [6.07, 6.45) is 4.68. The molecule has 2 atom stereocenters. The molecule has 0 unspecified atom stereocenters. The molecule has 1 heterocycles. The van der Waals surface area contributed by atoms with Crippen LogP contribution in [0.1, 0.15) is 32.6 Å². The average Bonchev–Trinajstić information content (AvgIpc) is 2.90. The Balaban J connectivity index is 1.93. The fourth-order valence-electron chi connectivity index (χ4n) is 1.95. The van der Waals surface area contributed by atoms with Gasteiger partial charge < -0.3 is 9.47 Å². The van der Waals surface area contributed by atoms with E-state index in [0.717, 1.165) is 19.3 Å². The van der Waals surface area contributed by atoms with E-state index in [9.17, 15) is 4.79 Å². The van der Waals surface area contributed by atoms with E-state index in [0.29, 0.717) is 6.61 Å². The van der Waals surface area contributed by atoms with Gasteiger partial charge in [0.15, 0.2) is 5.60 Å². The Morgan fingerprint density at radius 1 is 1.64 bits per heavy atom. The summed E-state index contributed by atoms with van der Waals surface area (Å²) < 4.78 is 10.2.